The highest BCUT2D eigenvalue weighted by molar-refractivity contribution is 8.00. The molecule has 0 radical (unpaired) electrons. The fourth-order valence-corrected chi connectivity index (χ4v) is 2.78. The molecular weight excluding hydrogens is 334 g/mol. The highest BCUT2D eigenvalue weighted by atomic mass is 35.5. The number of hydrogen-bond acceptors (Lipinski definition) is 4. The molecule has 2 aromatic carbocycles. The van der Waals surface area contributed by atoms with Crippen LogP contribution >= 0.6 is 23.4 Å². The molecule has 6 heteroatoms. The molecule has 0 fully saturated rings. The first kappa shape index (κ1) is 17.5. The minimum atomic E-state index is -0.0391. The summed E-state index contributed by atoms with van der Waals surface area (Å²) in [6.07, 6.45) is 0. The van der Waals surface area contributed by atoms with Crippen LogP contribution in [0.2, 0.25) is 5.02 Å². The third kappa shape index (κ3) is 5.37. The van der Waals surface area contributed by atoms with Crippen LogP contribution in [0.3, 0.4) is 0 Å². The number of thioether (sulfide) groups is 1. The number of rotatable bonds is 7. The molecule has 122 valence electrons. The third-order valence-electron chi connectivity index (χ3n) is 3.15. The summed E-state index contributed by atoms with van der Waals surface area (Å²) in [6.45, 7) is 0.410. The summed E-state index contributed by atoms with van der Waals surface area (Å²) < 4.78 is 10.5. The number of benzene rings is 2. The molecule has 0 aliphatic carbocycles. The van der Waals surface area contributed by atoms with Gasteiger partial charge < -0.3 is 14.8 Å². The molecule has 1 amide bonds. The van der Waals surface area contributed by atoms with Gasteiger partial charge in [-0.25, -0.2) is 0 Å². The quantitative estimate of drug-likeness (QED) is 0.771. The van der Waals surface area contributed by atoms with Gasteiger partial charge in [0.2, 0.25) is 5.91 Å². The minimum Gasteiger partial charge on any atom is -0.497 e. The van der Waals surface area contributed by atoms with Gasteiger partial charge >= 0.3 is 0 Å². The maximum atomic E-state index is 12.0. The van der Waals surface area contributed by atoms with E-state index in [4.69, 9.17) is 21.1 Å². The van der Waals surface area contributed by atoms with Gasteiger partial charge in [-0.3, -0.25) is 4.79 Å². The van der Waals surface area contributed by atoms with Gasteiger partial charge in [-0.1, -0.05) is 11.6 Å². The lowest BCUT2D eigenvalue weighted by atomic mass is 10.2. The van der Waals surface area contributed by atoms with E-state index in [2.05, 4.69) is 5.32 Å². The number of amides is 1. The first-order valence-corrected chi connectivity index (χ1v) is 8.34. The molecule has 0 aromatic heterocycles. The van der Waals surface area contributed by atoms with E-state index in [0.29, 0.717) is 23.1 Å². The summed E-state index contributed by atoms with van der Waals surface area (Å²) in [4.78, 5) is 13.0. The van der Waals surface area contributed by atoms with E-state index < -0.39 is 0 Å². The van der Waals surface area contributed by atoms with Gasteiger partial charge in [0.1, 0.15) is 11.5 Å². The largest absolute Gasteiger partial charge is 0.497 e. The van der Waals surface area contributed by atoms with E-state index in [0.717, 1.165) is 16.2 Å². The van der Waals surface area contributed by atoms with Crippen LogP contribution in [0.15, 0.2) is 47.4 Å². The molecule has 23 heavy (non-hydrogen) atoms. The monoisotopic (exact) mass is 351 g/mol. The van der Waals surface area contributed by atoms with Crippen LogP contribution in [0, 0.1) is 0 Å². The molecule has 0 heterocycles. The minimum absolute atomic E-state index is 0.0391. The van der Waals surface area contributed by atoms with Gasteiger partial charge in [0.15, 0.2) is 0 Å². The Kier molecular flexibility index (Phi) is 6.62. The second kappa shape index (κ2) is 8.70. The van der Waals surface area contributed by atoms with E-state index in [9.17, 15) is 4.79 Å². The summed E-state index contributed by atoms with van der Waals surface area (Å²) in [5.74, 6) is 1.72. The summed E-state index contributed by atoms with van der Waals surface area (Å²) >= 11 is 7.30. The summed E-state index contributed by atoms with van der Waals surface area (Å²) in [5, 5.41) is 3.57. The number of halogens is 1. The fraction of sp³-hybridized carbons (Fsp3) is 0.235. The second-order valence-corrected chi connectivity index (χ2v) is 6.18. The van der Waals surface area contributed by atoms with E-state index in [1.54, 1.807) is 20.3 Å². The normalized spacial score (nSPS) is 10.2. The number of methoxy groups -OCH3 is 2. The summed E-state index contributed by atoms with van der Waals surface area (Å²) in [5.41, 5.74) is 0.901. The predicted molar refractivity (Wildman–Crippen MR) is 93.6 cm³/mol. The molecule has 2 rings (SSSR count). The zero-order valence-corrected chi connectivity index (χ0v) is 14.5. The lowest BCUT2D eigenvalue weighted by Gasteiger charge is -2.11. The van der Waals surface area contributed by atoms with Crippen LogP contribution < -0.4 is 14.8 Å². The second-order valence-electron chi connectivity index (χ2n) is 4.70. The Morgan fingerprint density at radius 2 is 1.87 bits per heavy atom. The number of carbonyl (C=O) groups excluding carboxylic acids is 1. The Labute approximate surface area is 145 Å². The van der Waals surface area contributed by atoms with Gasteiger partial charge in [-0.2, -0.15) is 0 Å². The Morgan fingerprint density at radius 3 is 2.52 bits per heavy atom. The van der Waals surface area contributed by atoms with E-state index in [1.807, 2.05) is 36.4 Å². The highest BCUT2D eigenvalue weighted by Gasteiger charge is 2.08. The third-order valence-corrected chi connectivity index (χ3v) is 4.42. The topological polar surface area (TPSA) is 47.6 Å². The van der Waals surface area contributed by atoms with Crippen LogP contribution in [-0.2, 0) is 11.3 Å². The maximum Gasteiger partial charge on any atom is 0.230 e. The van der Waals surface area contributed by atoms with Gasteiger partial charge in [0.05, 0.1) is 20.0 Å². The number of ether oxygens (including phenoxy) is 2. The average Bonchev–Trinajstić information content (AvgIpc) is 2.59. The lowest BCUT2D eigenvalue weighted by Crippen LogP contribution is -2.24. The molecule has 2 aromatic rings. The maximum absolute atomic E-state index is 12.0. The molecule has 1 N–H and O–H groups in total. The van der Waals surface area contributed by atoms with E-state index in [-0.39, 0.29) is 5.91 Å². The van der Waals surface area contributed by atoms with Gasteiger partial charge in [-0.15, -0.1) is 11.8 Å². The number of nitrogens with one attached hydrogen (secondary N) is 1. The molecule has 0 unspecified atom stereocenters. The number of carbonyl (C=O) groups is 1. The molecule has 0 aliphatic rings. The molecular formula is C17H18ClNO3S. The van der Waals surface area contributed by atoms with Gasteiger partial charge in [0.25, 0.3) is 0 Å². The van der Waals surface area contributed by atoms with Crippen molar-refractivity contribution >= 4 is 29.3 Å². The Bertz CT molecular complexity index is 661. The van der Waals surface area contributed by atoms with Crippen molar-refractivity contribution < 1.29 is 14.3 Å². The highest BCUT2D eigenvalue weighted by Crippen LogP contribution is 2.24. The molecule has 0 spiro atoms. The van der Waals surface area contributed by atoms with Crippen molar-refractivity contribution in [3.63, 3.8) is 0 Å². The SMILES string of the molecule is COc1ccc(CNC(=O)CSc2ccc(Cl)cc2)c(OC)c1. The summed E-state index contributed by atoms with van der Waals surface area (Å²) in [7, 11) is 3.20. The van der Waals surface area contributed by atoms with Crippen LogP contribution in [0.1, 0.15) is 5.56 Å². The first-order valence-electron chi connectivity index (χ1n) is 6.98. The van der Waals surface area contributed by atoms with Crippen LogP contribution in [-0.4, -0.2) is 25.9 Å². The van der Waals surface area contributed by atoms with Crippen molar-refractivity contribution in [2.75, 3.05) is 20.0 Å². The molecule has 0 saturated heterocycles. The predicted octanol–water partition coefficient (Wildman–Crippen LogP) is 3.77. The van der Waals surface area contributed by atoms with Crippen LogP contribution in [0.4, 0.5) is 0 Å². The first-order chi connectivity index (χ1) is 11.1. The standard InChI is InChI=1S/C17H18ClNO3S/c1-21-14-6-3-12(16(9-14)22-2)10-19-17(20)11-23-15-7-4-13(18)5-8-15/h3-9H,10-11H2,1-2H3,(H,19,20). The zero-order chi connectivity index (χ0) is 16.7. The smallest absolute Gasteiger partial charge is 0.230 e. The van der Waals surface area contributed by atoms with Crippen molar-refractivity contribution in [1.82, 2.24) is 5.32 Å². The van der Waals surface area contributed by atoms with Gasteiger partial charge in [-0.05, 0) is 36.4 Å². The number of hydrogen-bond donors (Lipinski definition) is 1. The van der Waals surface area contributed by atoms with Crippen molar-refractivity contribution in [3.05, 3.63) is 53.1 Å². The zero-order valence-electron chi connectivity index (χ0n) is 13.0. The Balaban J connectivity index is 1.85. The lowest BCUT2D eigenvalue weighted by molar-refractivity contribution is -0.118. The van der Waals surface area contributed by atoms with Crippen LogP contribution in [0.5, 0.6) is 11.5 Å². The van der Waals surface area contributed by atoms with Crippen molar-refractivity contribution in [1.29, 1.82) is 0 Å². The summed E-state index contributed by atoms with van der Waals surface area (Å²) in [6, 6.07) is 12.9. The van der Waals surface area contributed by atoms with Crippen LogP contribution in [0.25, 0.3) is 0 Å². The molecule has 0 aliphatic heterocycles. The van der Waals surface area contributed by atoms with Crippen molar-refractivity contribution in [2.45, 2.75) is 11.4 Å². The van der Waals surface area contributed by atoms with Gasteiger partial charge in [0, 0.05) is 28.1 Å². The Hall–Kier alpha value is -1.85. The molecule has 4 nitrogen and oxygen atoms in total. The average molecular weight is 352 g/mol. The van der Waals surface area contributed by atoms with E-state index in [1.165, 1.54) is 11.8 Å². The molecule has 0 atom stereocenters. The molecule has 0 bridgehead atoms. The van der Waals surface area contributed by atoms with Crippen molar-refractivity contribution in [3.8, 4) is 11.5 Å². The van der Waals surface area contributed by atoms with E-state index >= 15 is 0 Å². The van der Waals surface area contributed by atoms with Crippen molar-refractivity contribution in [2.24, 2.45) is 0 Å². The Morgan fingerprint density at radius 1 is 1.13 bits per heavy atom. The fourth-order valence-electron chi connectivity index (χ4n) is 1.92. The molecule has 0 saturated carbocycles.